The molecular weight excluding hydrogens is 216 g/mol. The number of halogens is 1. The zero-order valence-corrected chi connectivity index (χ0v) is 9.04. The van der Waals surface area contributed by atoms with E-state index in [1.54, 1.807) is 14.0 Å². The van der Waals surface area contributed by atoms with Crippen molar-refractivity contribution in [2.24, 2.45) is 7.05 Å². The van der Waals surface area contributed by atoms with Crippen molar-refractivity contribution in [2.45, 2.75) is 6.92 Å². The highest BCUT2D eigenvalue weighted by atomic mass is 35.5. The van der Waals surface area contributed by atoms with Crippen molar-refractivity contribution in [1.82, 2.24) is 14.5 Å². The summed E-state index contributed by atoms with van der Waals surface area (Å²) in [5, 5.41) is 0.890. The Hall–Kier alpha value is -1.62. The van der Waals surface area contributed by atoms with E-state index in [1.807, 2.05) is 0 Å². The largest absolute Gasteiger partial charge is 0.394 e. The second-order valence-corrected chi connectivity index (χ2v) is 3.62. The third kappa shape index (κ3) is 1.45. The standard InChI is InChI=1S/C9H9ClN4O/c1-4-12-7(10)5-3-6(11)9(15)14(2)8(5)13-4/h3H,11H2,1-2H3. The molecule has 0 aliphatic rings. The summed E-state index contributed by atoms with van der Waals surface area (Å²) in [5.41, 5.74) is 5.90. The molecule has 0 bridgehead atoms. The number of nitrogens with zero attached hydrogens (tertiary/aromatic N) is 3. The van der Waals surface area contributed by atoms with Crippen molar-refractivity contribution in [1.29, 1.82) is 0 Å². The van der Waals surface area contributed by atoms with Crippen molar-refractivity contribution >= 4 is 28.3 Å². The second-order valence-electron chi connectivity index (χ2n) is 3.26. The SMILES string of the molecule is Cc1nc(Cl)c2cc(N)c(=O)n(C)c2n1. The van der Waals surface area contributed by atoms with Gasteiger partial charge in [-0.25, -0.2) is 9.97 Å². The molecule has 2 aromatic rings. The summed E-state index contributed by atoms with van der Waals surface area (Å²) in [6.07, 6.45) is 0. The lowest BCUT2D eigenvalue weighted by atomic mass is 10.3. The van der Waals surface area contributed by atoms with E-state index >= 15 is 0 Å². The van der Waals surface area contributed by atoms with Gasteiger partial charge in [0.15, 0.2) is 0 Å². The van der Waals surface area contributed by atoms with Crippen molar-refractivity contribution in [3.8, 4) is 0 Å². The summed E-state index contributed by atoms with van der Waals surface area (Å²) in [7, 11) is 1.60. The van der Waals surface area contributed by atoms with Gasteiger partial charge in [0.1, 0.15) is 16.6 Å². The van der Waals surface area contributed by atoms with Gasteiger partial charge in [-0.1, -0.05) is 11.6 Å². The first-order valence-electron chi connectivity index (χ1n) is 4.30. The molecular formula is C9H9ClN4O. The lowest BCUT2D eigenvalue weighted by Crippen LogP contribution is -2.21. The molecule has 5 nitrogen and oxygen atoms in total. The van der Waals surface area contributed by atoms with Crippen LogP contribution in [0.15, 0.2) is 10.9 Å². The molecule has 0 unspecified atom stereocenters. The van der Waals surface area contributed by atoms with Crippen molar-refractivity contribution in [3.63, 3.8) is 0 Å². The van der Waals surface area contributed by atoms with E-state index in [9.17, 15) is 4.79 Å². The number of nitrogens with two attached hydrogens (primary N) is 1. The Morgan fingerprint density at radius 2 is 2.13 bits per heavy atom. The zero-order valence-electron chi connectivity index (χ0n) is 8.28. The number of rotatable bonds is 0. The molecule has 0 aliphatic heterocycles. The maximum atomic E-state index is 11.5. The molecule has 6 heteroatoms. The van der Waals surface area contributed by atoms with E-state index in [4.69, 9.17) is 17.3 Å². The Morgan fingerprint density at radius 3 is 2.80 bits per heavy atom. The monoisotopic (exact) mass is 224 g/mol. The molecule has 0 aromatic carbocycles. The molecule has 0 fully saturated rings. The average molecular weight is 225 g/mol. The van der Waals surface area contributed by atoms with E-state index in [-0.39, 0.29) is 11.2 Å². The van der Waals surface area contributed by atoms with E-state index in [0.29, 0.717) is 22.0 Å². The van der Waals surface area contributed by atoms with Crippen LogP contribution in [0.4, 0.5) is 5.69 Å². The zero-order chi connectivity index (χ0) is 11.2. The summed E-state index contributed by atoms with van der Waals surface area (Å²) >= 11 is 5.94. The molecule has 78 valence electrons. The highest BCUT2D eigenvalue weighted by Crippen LogP contribution is 2.19. The predicted octanol–water partition coefficient (Wildman–Crippen LogP) is 0.873. The van der Waals surface area contributed by atoms with Crippen LogP contribution in [0.2, 0.25) is 5.15 Å². The van der Waals surface area contributed by atoms with Crippen LogP contribution >= 0.6 is 11.6 Å². The van der Waals surface area contributed by atoms with Crippen molar-refractivity contribution in [3.05, 3.63) is 27.4 Å². The summed E-state index contributed by atoms with van der Waals surface area (Å²) in [6, 6.07) is 1.50. The highest BCUT2D eigenvalue weighted by molar-refractivity contribution is 6.34. The number of pyridine rings is 1. The third-order valence-corrected chi connectivity index (χ3v) is 2.45. The first-order valence-corrected chi connectivity index (χ1v) is 4.68. The van der Waals surface area contributed by atoms with Gasteiger partial charge in [-0.05, 0) is 13.0 Å². The average Bonchev–Trinajstić information content (AvgIpc) is 2.17. The van der Waals surface area contributed by atoms with Crippen LogP contribution in [-0.4, -0.2) is 14.5 Å². The van der Waals surface area contributed by atoms with Crippen LogP contribution < -0.4 is 11.3 Å². The quantitative estimate of drug-likeness (QED) is 0.674. The topological polar surface area (TPSA) is 73.8 Å². The van der Waals surface area contributed by atoms with Crippen molar-refractivity contribution in [2.75, 3.05) is 5.73 Å². The number of aryl methyl sites for hydroxylation is 2. The third-order valence-electron chi connectivity index (χ3n) is 2.16. The minimum absolute atomic E-state index is 0.138. The lowest BCUT2D eigenvalue weighted by molar-refractivity contribution is 0.879. The lowest BCUT2D eigenvalue weighted by Gasteiger charge is -2.06. The molecule has 2 heterocycles. The fourth-order valence-corrected chi connectivity index (χ4v) is 1.68. The molecule has 2 N–H and O–H groups in total. The molecule has 0 amide bonds. The minimum Gasteiger partial charge on any atom is -0.394 e. The van der Waals surface area contributed by atoms with Gasteiger partial charge >= 0.3 is 0 Å². The van der Waals surface area contributed by atoms with Crippen LogP contribution in [0.1, 0.15) is 5.82 Å². The number of aromatic nitrogens is 3. The summed E-state index contributed by atoms with van der Waals surface area (Å²) in [5.74, 6) is 0.521. The Bertz CT molecular complexity index is 605. The molecule has 0 atom stereocenters. The van der Waals surface area contributed by atoms with Gasteiger partial charge in [0, 0.05) is 7.05 Å². The van der Waals surface area contributed by atoms with E-state index in [0.717, 1.165) is 0 Å². The predicted molar refractivity (Wildman–Crippen MR) is 58.9 cm³/mol. The van der Waals surface area contributed by atoms with Gasteiger partial charge in [-0.3, -0.25) is 9.36 Å². The van der Waals surface area contributed by atoms with Crippen LogP contribution in [0.25, 0.3) is 11.0 Å². The molecule has 2 aromatic heterocycles. The summed E-state index contributed by atoms with van der Waals surface area (Å²) < 4.78 is 1.37. The summed E-state index contributed by atoms with van der Waals surface area (Å²) in [6.45, 7) is 1.71. The molecule has 2 rings (SSSR count). The fraction of sp³-hybridized carbons (Fsp3) is 0.222. The molecule has 0 spiro atoms. The van der Waals surface area contributed by atoms with Crippen LogP contribution in [0.5, 0.6) is 0 Å². The molecule has 0 aliphatic carbocycles. The number of anilines is 1. The molecule has 0 saturated heterocycles. The molecule has 15 heavy (non-hydrogen) atoms. The Balaban J connectivity index is 3.05. The first-order chi connectivity index (χ1) is 7.00. The molecule has 0 saturated carbocycles. The van der Waals surface area contributed by atoms with E-state index in [2.05, 4.69) is 9.97 Å². The number of nitrogen functional groups attached to an aromatic ring is 1. The van der Waals surface area contributed by atoms with Gasteiger partial charge < -0.3 is 5.73 Å². The highest BCUT2D eigenvalue weighted by Gasteiger charge is 2.09. The van der Waals surface area contributed by atoms with Crippen LogP contribution in [0.3, 0.4) is 0 Å². The van der Waals surface area contributed by atoms with Gasteiger partial charge in [0.2, 0.25) is 0 Å². The number of hydrogen-bond donors (Lipinski definition) is 1. The number of hydrogen-bond acceptors (Lipinski definition) is 4. The Labute approximate surface area is 90.5 Å². The molecule has 0 radical (unpaired) electrons. The normalized spacial score (nSPS) is 10.9. The van der Waals surface area contributed by atoms with Gasteiger partial charge in [0.25, 0.3) is 5.56 Å². The Kier molecular flexibility index (Phi) is 2.12. The first kappa shape index (κ1) is 9.92. The Morgan fingerprint density at radius 1 is 1.47 bits per heavy atom. The fourth-order valence-electron chi connectivity index (χ4n) is 1.42. The van der Waals surface area contributed by atoms with Gasteiger partial charge in [-0.15, -0.1) is 0 Å². The van der Waals surface area contributed by atoms with Gasteiger partial charge in [-0.2, -0.15) is 0 Å². The maximum absolute atomic E-state index is 11.5. The maximum Gasteiger partial charge on any atom is 0.275 e. The number of fused-ring (bicyclic) bond motifs is 1. The smallest absolute Gasteiger partial charge is 0.275 e. The van der Waals surface area contributed by atoms with E-state index in [1.165, 1.54) is 10.6 Å². The van der Waals surface area contributed by atoms with Crippen LogP contribution in [-0.2, 0) is 7.05 Å². The van der Waals surface area contributed by atoms with E-state index < -0.39 is 0 Å². The van der Waals surface area contributed by atoms with Crippen molar-refractivity contribution < 1.29 is 0 Å². The minimum atomic E-state index is -0.281. The summed E-state index contributed by atoms with van der Waals surface area (Å²) in [4.78, 5) is 19.7. The second kappa shape index (κ2) is 3.20. The van der Waals surface area contributed by atoms with Crippen LogP contribution in [0, 0.1) is 6.92 Å². The van der Waals surface area contributed by atoms with Gasteiger partial charge in [0.05, 0.1) is 11.1 Å².